The standard InChI is InChI=1S/C42H62ClN5O9/c1-8-25(2)39(38(53)22-30(15-11-12-18-48(5,6)7)40(54)45-35(24-49)27(4)50)46-41(55)31(29-13-9-10-14-29)23-37(52)33(21-28-16-17-36(51)32(43)20-28)44-42(56)34-19-26(3)57-47-34/h16-17,19-20,25,29-31,33,35,39,49H,8-15,18,21-24H2,1-7H3,(H3-,44,45,46,51,54,55,56)/p+1/t25-,30+,31-,33-,35-,39?/m0/s1. The summed E-state index contributed by atoms with van der Waals surface area (Å²) in [5.41, 5.74) is 0.560. The highest BCUT2D eigenvalue weighted by Gasteiger charge is 2.38. The summed E-state index contributed by atoms with van der Waals surface area (Å²) in [4.78, 5) is 81.6. The highest BCUT2D eigenvalue weighted by atomic mass is 35.5. The van der Waals surface area contributed by atoms with Gasteiger partial charge in [0.1, 0.15) is 17.6 Å². The molecule has 1 fully saturated rings. The van der Waals surface area contributed by atoms with E-state index in [1.165, 1.54) is 25.1 Å². The van der Waals surface area contributed by atoms with Gasteiger partial charge in [0.25, 0.3) is 5.91 Å². The van der Waals surface area contributed by atoms with Crippen LogP contribution in [0.3, 0.4) is 0 Å². The summed E-state index contributed by atoms with van der Waals surface area (Å²) in [6.07, 6.45) is 5.21. The van der Waals surface area contributed by atoms with Crippen LogP contribution in [0.2, 0.25) is 5.02 Å². The van der Waals surface area contributed by atoms with E-state index in [0.717, 1.165) is 30.3 Å². The van der Waals surface area contributed by atoms with E-state index < -0.39 is 65.9 Å². The topological polar surface area (TPSA) is 205 Å². The lowest BCUT2D eigenvalue weighted by atomic mass is 9.82. The Morgan fingerprint density at radius 2 is 1.63 bits per heavy atom. The van der Waals surface area contributed by atoms with Gasteiger partial charge in [-0.3, -0.25) is 28.8 Å². The number of hydrogen-bond donors (Lipinski definition) is 5. The first-order chi connectivity index (χ1) is 26.8. The van der Waals surface area contributed by atoms with Crippen molar-refractivity contribution in [2.45, 2.75) is 116 Å². The molecule has 57 heavy (non-hydrogen) atoms. The molecule has 1 aliphatic rings. The second-order valence-electron chi connectivity index (χ2n) is 16.8. The maximum atomic E-state index is 14.4. The molecule has 0 spiro atoms. The maximum Gasteiger partial charge on any atom is 0.274 e. The molecule has 316 valence electrons. The van der Waals surface area contributed by atoms with E-state index in [-0.39, 0.29) is 53.3 Å². The lowest BCUT2D eigenvalue weighted by molar-refractivity contribution is -0.870. The molecule has 3 rings (SSSR count). The Kier molecular flexibility index (Phi) is 18.3. The lowest BCUT2D eigenvalue weighted by Crippen LogP contribution is -2.51. The third-order valence-corrected chi connectivity index (χ3v) is 11.3. The van der Waals surface area contributed by atoms with Crippen LogP contribution in [0.5, 0.6) is 5.75 Å². The molecule has 1 aromatic carbocycles. The summed E-state index contributed by atoms with van der Waals surface area (Å²) in [7, 11) is 6.21. The number of aromatic hydroxyl groups is 1. The molecule has 1 aliphatic carbocycles. The third-order valence-electron chi connectivity index (χ3n) is 11.0. The number of ketones is 3. The monoisotopic (exact) mass is 816 g/mol. The molecular weight excluding hydrogens is 754 g/mol. The van der Waals surface area contributed by atoms with Crippen LogP contribution < -0.4 is 16.0 Å². The van der Waals surface area contributed by atoms with Gasteiger partial charge in [0, 0.05) is 30.7 Å². The minimum Gasteiger partial charge on any atom is -0.506 e. The third kappa shape index (κ3) is 15.0. The summed E-state index contributed by atoms with van der Waals surface area (Å²) in [6, 6.07) is 2.82. The van der Waals surface area contributed by atoms with Crippen LogP contribution in [0.25, 0.3) is 0 Å². The van der Waals surface area contributed by atoms with Crippen molar-refractivity contribution in [2.24, 2.45) is 23.7 Å². The number of hydrogen-bond acceptors (Lipinski definition) is 10. The first-order valence-electron chi connectivity index (χ1n) is 20.1. The summed E-state index contributed by atoms with van der Waals surface area (Å²) in [6.45, 7) is 6.96. The van der Waals surface area contributed by atoms with Gasteiger partial charge in [-0.2, -0.15) is 0 Å². The average molecular weight is 817 g/mol. The van der Waals surface area contributed by atoms with Gasteiger partial charge in [0.2, 0.25) is 11.8 Å². The van der Waals surface area contributed by atoms with Crippen molar-refractivity contribution in [1.82, 2.24) is 21.1 Å². The van der Waals surface area contributed by atoms with Crippen molar-refractivity contribution < 1.29 is 48.0 Å². The molecule has 0 aliphatic heterocycles. The molecular formula is C42H63ClN5O9+. The van der Waals surface area contributed by atoms with Gasteiger partial charge in [0.05, 0.1) is 51.4 Å². The van der Waals surface area contributed by atoms with Crippen LogP contribution in [-0.2, 0) is 30.4 Å². The number of Topliss-reactive ketones (excluding diaryl/α,β-unsaturated/α-hetero) is 3. The van der Waals surface area contributed by atoms with E-state index in [9.17, 15) is 39.0 Å². The van der Waals surface area contributed by atoms with Crippen LogP contribution in [0.4, 0.5) is 0 Å². The number of carbonyl (C=O) groups is 6. The number of benzene rings is 1. The number of phenols is 1. The lowest BCUT2D eigenvalue weighted by Gasteiger charge is -2.30. The number of aliphatic hydroxyl groups excluding tert-OH is 1. The van der Waals surface area contributed by atoms with Crippen molar-refractivity contribution in [3.05, 3.63) is 46.3 Å². The van der Waals surface area contributed by atoms with Crippen molar-refractivity contribution >= 4 is 46.7 Å². The number of amides is 3. The highest BCUT2D eigenvalue weighted by Crippen LogP contribution is 2.34. The Bertz CT molecular complexity index is 1700. The van der Waals surface area contributed by atoms with Crippen molar-refractivity contribution in [3.63, 3.8) is 0 Å². The highest BCUT2D eigenvalue weighted by molar-refractivity contribution is 6.32. The van der Waals surface area contributed by atoms with E-state index >= 15 is 0 Å². The van der Waals surface area contributed by atoms with Gasteiger partial charge in [0.15, 0.2) is 23.0 Å². The molecule has 5 N–H and O–H groups in total. The number of unbranched alkanes of at least 4 members (excludes halogenated alkanes) is 1. The number of nitrogens with one attached hydrogen (secondary N) is 3. The van der Waals surface area contributed by atoms with Gasteiger partial charge in [-0.15, -0.1) is 0 Å². The quantitative estimate of drug-likeness (QED) is 0.0742. The number of carbonyl (C=O) groups excluding carboxylic acids is 6. The fraction of sp³-hybridized carbons (Fsp3) is 0.643. The van der Waals surface area contributed by atoms with Gasteiger partial charge in [-0.25, -0.2) is 0 Å². The van der Waals surface area contributed by atoms with E-state index in [1.807, 2.05) is 13.8 Å². The fourth-order valence-corrected chi connectivity index (χ4v) is 7.53. The summed E-state index contributed by atoms with van der Waals surface area (Å²) < 4.78 is 5.80. The first-order valence-corrected chi connectivity index (χ1v) is 20.5. The normalized spacial score (nSPS) is 16.5. The summed E-state index contributed by atoms with van der Waals surface area (Å²) in [5, 5.41) is 31.9. The Morgan fingerprint density at radius 1 is 0.947 bits per heavy atom. The maximum absolute atomic E-state index is 14.4. The largest absolute Gasteiger partial charge is 0.506 e. The second kappa shape index (κ2) is 22.1. The minimum atomic E-state index is -1.09. The number of halogens is 1. The predicted molar refractivity (Wildman–Crippen MR) is 215 cm³/mol. The SMILES string of the molecule is CC[C@H](C)C(NC(=O)[C@@H](CC(=O)[C@H](Cc1ccc(O)c(Cl)c1)NC(=O)c1cc(C)on1)C1CCCC1)C(=O)C[C@@H](CCCC[N+](C)(C)C)C(=O)N[C@@H](CO)C(C)=O. The second-order valence-corrected chi connectivity index (χ2v) is 17.2. The summed E-state index contributed by atoms with van der Waals surface area (Å²) >= 11 is 6.17. The number of phenolic OH excluding ortho intramolecular Hbond substituents is 1. The number of aryl methyl sites for hydroxylation is 1. The molecule has 15 heteroatoms. The molecule has 0 saturated heterocycles. The number of aliphatic hydroxyl groups is 1. The smallest absolute Gasteiger partial charge is 0.274 e. The zero-order chi connectivity index (χ0) is 42.4. The Morgan fingerprint density at radius 3 is 2.19 bits per heavy atom. The summed E-state index contributed by atoms with van der Waals surface area (Å²) in [5.74, 6) is -4.47. The minimum absolute atomic E-state index is 0.0115. The van der Waals surface area contributed by atoms with Crippen LogP contribution in [0.15, 0.2) is 28.8 Å². The van der Waals surface area contributed by atoms with Crippen molar-refractivity contribution in [2.75, 3.05) is 34.3 Å². The van der Waals surface area contributed by atoms with Gasteiger partial charge in [-0.05, 0) is 81.9 Å². The van der Waals surface area contributed by atoms with Gasteiger partial charge >= 0.3 is 0 Å². The average Bonchev–Trinajstić information content (AvgIpc) is 3.85. The van der Waals surface area contributed by atoms with E-state index in [1.54, 1.807) is 13.0 Å². The predicted octanol–water partition coefficient (Wildman–Crippen LogP) is 4.50. The Balaban J connectivity index is 1.87. The molecule has 3 amide bonds. The Labute approximate surface area is 341 Å². The van der Waals surface area contributed by atoms with E-state index in [0.29, 0.717) is 43.4 Å². The number of aromatic nitrogens is 1. The zero-order valence-corrected chi connectivity index (χ0v) is 35.3. The molecule has 1 aromatic heterocycles. The van der Waals surface area contributed by atoms with Crippen molar-refractivity contribution in [1.29, 1.82) is 0 Å². The number of rotatable bonds is 24. The molecule has 1 saturated carbocycles. The zero-order valence-electron chi connectivity index (χ0n) is 34.6. The molecule has 6 atom stereocenters. The number of nitrogens with zero attached hydrogens (tertiary/aromatic N) is 2. The van der Waals surface area contributed by atoms with Crippen molar-refractivity contribution in [3.8, 4) is 5.75 Å². The van der Waals surface area contributed by atoms with Crippen LogP contribution >= 0.6 is 11.6 Å². The Hall–Kier alpha value is -4.14. The molecule has 14 nitrogen and oxygen atoms in total. The van der Waals surface area contributed by atoms with Crippen LogP contribution in [0, 0.1) is 30.6 Å². The first kappa shape index (κ1) is 47.2. The molecule has 1 unspecified atom stereocenters. The van der Waals surface area contributed by atoms with Crippen LogP contribution in [0.1, 0.15) is 107 Å². The van der Waals surface area contributed by atoms with E-state index in [2.05, 4.69) is 42.3 Å². The van der Waals surface area contributed by atoms with E-state index in [4.69, 9.17) is 16.1 Å². The fourth-order valence-electron chi connectivity index (χ4n) is 7.33. The van der Waals surface area contributed by atoms with Gasteiger partial charge < -0.3 is 35.2 Å². The number of quaternary nitrogens is 1. The van der Waals surface area contributed by atoms with Crippen LogP contribution in [-0.4, -0.2) is 107 Å². The molecule has 0 bridgehead atoms. The molecule has 1 heterocycles. The van der Waals surface area contributed by atoms with Gasteiger partial charge in [-0.1, -0.05) is 55.9 Å². The molecule has 2 aromatic rings. The molecule has 0 radical (unpaired) electrons.